The van der Waals surface area contributed by atoms with Gasteiger partial charge in [-0.2, -0.15) is 0 Å². The number of nitrogens with zero attached hydrogens (tertiary/aromatic N) is 2. The molecule has 0 spiro atoms. The molecule has 0 aliphatic carbocycles. The lowest BCUT2D eigenvalue weighted by Crippen LogP contribution is -2.57. The number of carboxylic acids is 3. The number of imidazole rings is 1. The fourth-order valence-electron chi connectivity index (χ4n) is 3.23. The molecule has 0 fully saturated rings. The summed E-state index contributed by atoms with van der Waals surface area (Å²) in [5.41, 5.74) is 16.4. The van der Waals surface area contributed by atoms with Crippen LogP contribution < -0.4 is 33.2 Å². The molecule has 0 aliphatic heterocycles. The summed E-state index contributed by atoms with van der Waals surface area (Å²) in [7, 11) is 0. The molecule has 0 aliphatic rings. The van der Waals surface area contributed by atoms with Crippen LogP contribution in [0.2, 0.25) is 0 Å². The minimum absolute atomic E-state index is 0.0720. The number of hydrogen-bond donors (Lipinski definition) is 10. The molecule has 4 unspecified atom stereocenters. The zero-order chi connectivity index (χ0) is 29.5. The lowest BCUT2D eigenvalue weighted by Gasteiger charge is -2.24. The zero-order valence-corrected chi connectivity index (χ0v) is 20.8. The standard InChI is InChI=1S/C21H33N9O9/c22-11(7-16(33)34)17(35)30-14(6-10-8-25-9-27-10)19(37)28-12(3-4-15(31)32)18(36)29-13(20(38)39)2-1-5-26-21(23)24/h8-9,11-14H,1-7,22H2,(H,25,27)(H,28,37)(H,29,36)(H,30,35)(H,31,32)(H,33,34)(H,38,39)(H4,23,24,26). The predicted octanol–water partition coefficient (Wildman–Crippen LogP) is -3.79. The first-order valence-electron chi connectivity index (χ1n) is 11.7. The van der Waals surface area contributed by atoms with Gasteiger partial charge in [0.05, 0.1) is 18.8 Å². The van der Waals surface area contributed by atoms with Gasteiger partial charge in [0.25, 0.3) is 0 Å². The number of carboxylic acid groups (broad SMARTS) is 3. The molecule has 0 saturated carbocycles. The molecule has 1 aromatic rings. The van der Waals surface area contributed by atoms with Crippen molar-refractivity contribution in [3.63, 3.8) is 0 Å². The molecular weight excluding hydrogens is 522 g/mol. The summed E-state index contributed by atoms with van der Waals surface area (Å²) in [6.07, 6.45) is 0.940. The van der Waals surface area contributed by atoms with E-state index in [4.69, 9.17) is 27.4 Å². The van der Waals surface area contributed by atoms with Crippen LogP contribution in [0.1, 0.15) is 37.8 Å². The molecule has 216 valence electrons. The SMILES string of the molecule is NC(N)=NCCCC(NC(=O)C(CCC(=O)O)NC(=O)C(Cc1cnc[nH]1)NC(=O)C(N)CC(=O)O)C(=O)O. The van der Waals surface area contributed by atoms with E-state index in [0.717, 1.165) is 0 Å². The maximum atomic E-state index is 13.1. The van der Waals surface area contributed by atoms with E-state index < -0.39 is 79.1 Å². The van der Waals surface area contributed by atoms with Crippen molar-refractivity contribution in [2.45, 2.75) is 62.7 Å². The first-order chi connectivity index (χ1) is 18.3. The Morgan fingerprint density at radius 3 is 2.05 bits per heavy atom. The van der Waals surface area contributed by atoms with Crippen LogP contribution in [0.3, 0.4) is 0 Å². The van der Waals surface area contributed by atoms with Crippen LogP contribution in [0.25, 0.3) is 0 Å². The summed E-state index contributed by atoms with van der Waals surface area (Å²) in [6.45, 7) is 0.0974. The molecule has 1 heterocycles. The molecule has 0 bridgehead atoms. The van der Waals surface area contributed by atoms with Crippen LogP contribution in [-0.4, -0.2) is 97.6 Å². The summed E-state index contributed by atoms with van der Waals surface area (Å²) in [4.78, 5) is 82.3. The van der Waals surface area contributed by atoms with Gasteiger partial charge < -0.3 is 53.5 Å². The highest BCUT2D eigenvalue weighted by Gasteiger charge is 2.31. The van der Waals surface area contributed by atoms with E-state index in [1.54, 1.807) is 0 Å². The van der Waals surface area contributed by atoms with Crippen LogP contribution in [0.4, 0.5) is 0 Å². The van der Waals surface area contributed by atoms with E-state index in [9.17, 15) is 33.9 Å². The van der Waals surface area contributed by atoms with Gasteiger partial charge in [-0.15, -0.1) is 0 Å². The fourth-order valence-corrected chi connectivity index (χ4v) is 3.23. The molecule has 0 radical (unpaired) electrons. The normalized spacial score (nSPS) is 13.7. The molecule has 18 heteroatoms. The van der Waals surface area contributed by atoms with Gasteiger partial charge in [-0.3, -0.25) is 29.0 Å². The molecular formula is C21H33N9O9. The van der Waals surface area contributed by atoms with Gasteiger partial charge in [-0.05, 0) is 19.3 Å². The van der Waals surface area contributed by atoms with Crippen molar-refractivity contribution in [1.82, 2.24) is 25.9 Å². The average Bonchev–Trinajstić information content (AvgIpc) is 3.35. The number of hydrogen-bond acceptors (Lipinski definition) is 9. The molecule has 13 N–H and O–H groups in total. The Hall–Kier alpha value is -4.74. The van der Waals surface area contributed by atoms with Crippen LogP contribution in [0.5, 0.6) is 0 Å². The van der Waals surface area contributed by atoms with Gasteiger partial charge in [0.2, 0.25) is 17.7 Å². The van der Waals surface area contributed by atoms with E-state index in [1.807, 2.05) is 0 Å². The molecule has 1 aromatic heterocycles. The largest absolute Gasteiger partial charge is 0.481 e. The van der Waals surface area contributed by atoms with Crippen molar-refractivity contribution in [2.75, 3.05) is 6.54 Å². The van der Waals surface area contributed by atoms with Gasteiger partial charge in [0.15, 0.2) is 5.96 Å². The summed E-state index contributed by atoms with van der Waals surface area (Å²) in [6, 6.07) is -5.76. The Bertz CT molecular complexity index is 1040. The van der Waals surface area contributed by atoms with E-state index >= 15 is 0 Å². The van der Waals surface area contributed by atoms with Crippen LogP contribution in [0.15, 0.2) is 17.5 Å². The second-order valence-corrected chi connectivity index (χ2v) is 8.39. The molecule has 0 saturated heterocycles. The third-order valence-corrected chi connectivity index (χ3v) is 5.18. The molecule has 18 nitrogen and oxygen atoms in total. The van der Waals surface area contributed by atoms with Crippen molar-refractivity contribution in [1.29, 1.82) is 0 Å². The number of H-pyrrole nitrogens is 1. The second kappa shape index (κ2) is 16.2. The van der Waals surface area contributed by atoms with Crippen molar-refractivity contribution >= 4 is 41.6 Å². The number of amides is 3. The number of aromatic nitrogens is 2. The number of carbonyl (C=O) groups is 6. The first kappa shape index (κ1) is 32.3. The lowest BCUT2D eigenvalue weighted by atomic mass is 10.1. The first-order valence-corrected chi connectivity index (χ1v) is 11.7. The Morgan fingerprint density at radius 1 is 0.897 bits per heavy atom. The van der Waals surface area contributed by atoms with Crippen molar-refractivity contribution in [2.24, 2.45) is 22.2 Å². The predicted molar refractivity (Wildman–Crippen MR) is 133 cm³/mol. The smallest absolute Gasteiger partial charge is 0.326 e. The number of guanidine groups is 1. The minimum Gasteiger partial charge on any atom is -0.481 e. The minimum atomic E-state index is -1.50. The van der Waals surface area contributed by atoms with Crippen molar-refractivity contribution in [3.05, 3.63) is 18.2 Å². The lowest BCUT2D eigenvalue weighted by molar-refractivity contribution is -0.143. The van der Waals surface area contributed by atoms with Gasteiger partial charge in [-0.1, -0.05) is 0 Å². The fraction of sp³-hybridized carbons (Fsp3) is 0.524. The van der Waals surface area contributed by atoms with E-state index in [1.165, 1.54) is 12.5 Å². The highest BCUT2D eigenvalue weighted by molar-refractivity contribution is 5.95. The van der Waals surface area contributed by atoms with Gasteiger partial charge in [0, 0.05) is 31.3 Å². The monoisotopic (exact) mass is 555 g/mol. The Kier molecular flexibility index (Phi) is 13.4. The molecule has 39 heavy (non-hydrogen) atoms. The van der Waals surface area contributed by atoms with Crippen molar-refractivity contribution in [3.8, 4) is 0 Å². The zero-order valence-electron chi connectivity index (χ0n) is 20.8. The maximum Gasteiger partial charge on any atom is 0.326 e. The van der Waals surface area contributed by atoms with Crippen LogP contribution in [-0.2, 0) is 35.2 Å². The quantitative estimate of drug-likeness (QED) is 0.0472. The Morgan fingerprint density at radius 2 is 1.51 bits per heavy atom. The number of carbonyl (C=O) groups excluding carboxylic acids is 3. The van der Waals surface area contributed by atoms with Gasteiger partial charge >= 0.3 is 17.9 Å². The van der Waals surface area contributed by atoms with Crippen molar-refractivity contribution < 1.29 is 44.1 Å². The molecule has 4 atom stereocenters. The highest BCUT2D eigenvalue weighted by atomic mass is 16.4. The second-order valence-electron chi connectivity index (χ2n) is 8.39. The Balaban J connectivity index is 3.05. The maximum absolute atomic E-state index is 13.1. The van der Waals surface area contributed by atoms with E-state index in [0.29, 0.717) is 5.69 Å². The third-order valence-electron chi connectivity index (χ3n) is 5.18. The summed E-state index contributed by atoms with van der Waals surface area (Å²) >= 11 is 0. The highest BCUT2D eigenvalue weighted by Crippen LogP contribution is 2.06. The summed E-state index contributed by atoms with van der Waals surface area (Å²) in [5.74, 6) is -7.08. The topological polar surface area (TPSA) is 318 Å². The average molecular weight is 556 g/mol. The number of aliphatic carboxylic acids is 3. The molecule has 0 aromatic carbocycles. The summed E-state index contributed by atoms with van der Waals surface area (Å²) in [5, 5.41) is 34.3. The number of aromatic amines is 1. The number of aliphatic imine (C=N–C) groups is 1. The van der Waals surface area contributed by atoms with Crippen LogP contribution in [0, 0.1) is 0 Å². The van der Waals surface area contributed by atoms with Crippen LogP contribution >= 0.6 is 0 Å². The van der Waals surface area contributed by atoms with Gasteiger partial charge in [0.1, 0.15) is 18.1 Å². The van der Waals surface area contributed by atoms with E-state index in [-0.39, 0.29) is 31.8 Å². The Labute approximate surface area is 221 Å². The molecule has 1 rings (SSSR count). The number of nitrogens with two attached hydrogens (primary N) is 3. The number of nitrogens with one attached hydrogen (secondary N) is 4. The van der Waals surface area contributed by atoms with E-state index in [2.05, 4.69) is 30.9 Å². The number of rotatable bonds is 18. The summed E-state index contributed by atoms with van der Waals surface area (Å²) < 4.78 is 0. The molecule has 3 amide bonds. The third kappa shape index (κ3) is 12.9. The van der Waals surface area contributed by atoms with Gasteiger partial charge in [-0.25, -0.2) is 9.78 Å².